The van der Waals surface area contributed by atoms with Crippen molar-refractivity contribution in [2.75, 3.05) is 13.2 Å². The number of aliphatic hydroxyl groups excluding tert-OH is 1. The van der Waals surface area contributed by atoms with Crippen LogP contribution >= 0.6 is 0 Å². The third kappa shape index (κ3) is 6.78. The molecular formula is C24H26FNO3. The first-order valence-corrected chi connectivity index (χ1v) is 9.54. The van der Waals surface area contributed by atoms with Gasteiger partial charge < -0.3 is 14.6 Å². The van der Waals surface area contributed by atoms with Gasteiger partial charge in [-0.25, -0.2) is 9.37 Å². The number of benzene rings is 1. The minimum Gasteiger partial charge on any atom is -0.489 e. The molecule has 0 atom stereocenters. The van der Waals surface area contributed by atoms with Crippen LogP contribution in [0.25, 0.3) is 11.1 Å². The zero-order valence-corrected chi connectivity index (χ0v) is 16.8. The first kappa shape index (κ1) is 22.2. The number of hydrogen-bond donors (Lipinski definition) is 1. The maximum absolute atomic E-state index is 14.3. The maximum Gasteiger partial charge on any atom is 0.213 e. The van der Waals surface area contributed by atoms with Crippen LogP contribution in [0.5, 0.6) is 5.88 Å². The Bertz CT molecular complexity index is 913. The quantitative estimate of drug-likeness (QED) is 0.267. The number of terminal acetylenes is 1. The fraction of sp³-hybridized carbons (Fsp3) is 0.292. The molecule has 0 unspecified atom stereocenters. The van der Waals surface area contributed by atoms with E-state index in [1.165, 1.54) is 6.07 Å². The molecule has 0 aliphatic heterocycles. The second kappa shape index (κ2) is 11.7. The number of halogens is 1. The van der Waals surface area contributed by atoms with Crippen LogP contribution in [-0.2, 0) is 11.3 Å². The Morgan fingerprint density at radius 3 is 2.83 bits per heavy atom. The lowest BCUT2D eigenvalue weighted by Crippen LogP contribution is -2.02. The van der Waals surface area contributed by atoms with E-state index in [-0.39, 0.29) is 19.0 Å². The van der Waals surface area contributed by atoms with E-state index < -0.39 is 0 Å². The summed E-state index contributed by atoms with van der Waals surface area (Å²) in [7, 11) is 0. The average molecular weight is 395 g/mol. The van der Waals surface area contributed by atoms with Gasteiger partial charge in [-0.1, -0.05) is 18.9 Å². The molecule has 0 aliphatic rings. The summed E-state index contributed by atoms with van der Waals surface area (Å²) in [6.07, 6.45) is 11.7. The molecule has 0 aliphatic carbocycles. The van der Waals surface area contributed by atoms with Gasteiger partial charge in [-0.2, -0.15) is 0 Å². The molecule has 0 amide bonds. The topological polar surface area (TPSA) is 51.6 Å². The van der Waals surface area contributed by atoms with E-state index in [9.17, 15) is 4.39 Å². The summed E-state index contributed by atoms with van der Waals surface area (Å²) < 4.78 is 25.5. The lowest BCUT2D eigenvalue weighted by molar-refractivity contribution is 0.206. The highest BCUT2D eigenvalue weighted by molar-refractivity contribution is 5.66. The summed E-state index contributed by atoms with van der Waals surface area (Å²) in [6, 6.07) is 8.58. The number of aromatic nitrogens is 1. The fourth-order valence-electron chi connectivity index (χ4n) is 2.69. The number of aryl methyl sites for hydroxylation is 1. The van der Waals surface area contributed by atoms with Gasteiger partial charge in [0, 0.05) is 35.9 Å². The Morgan fingerprint density at radius 1 is 1.31 bits per heavy atom. The zero-order valence-electron chi connectivity index (χ0n) is 16.8. The molecule has 0 saturated carbocycles. The number of hydrogen-bond acceptors (Lipinski definition) is 4. The molecule has 4 nitrogen and oxygen atoms in total. The molecule has 1 heterocycles. The van der Waals surface area contributed by atoms with E-state index in [0.717, 1.165) is 23.2 Å². The van der Waals surface area contributed by atoms with Gasteiger partial charge in [0.15, 0.2) is 0 Å². The van der Waals surface area contributed by atoms with Crippen LogP contribution in [0.1, 0.15) is 31.0 Å². The monoisotopic (exact) mass is 395 g/mol. The van der Waals surface area contributed by atoms with Crippen molar-refractivity contribution >= 4 is 0 Å². The van der Waals surface area contributed by atoms with Crippen LogP contribution in [0.2, 0.25) is 0 Å². The Balaban J connectivity index is 2.19. The maximum atomic E-state index is 14.3. The molecule has 0 saturated heterocycles. The predicted molar refractivity (Wildman–Crippen MR) is 113 cm³/mol. The van der Waals surface area contributed by atoms with Crippen molar-refractivity contribution in [3.63, 3.8) is 0 Å². The molecule has 0 radical (unpaired) electrons. The number of pyridine rings is 1. The first-order chi connectivity index (χ1) is 14.1. The van der Waals surface area contributed by atoms with Gasteiger partial charge in [-0.3, -0.25) is 0 Å². The zero-order chi connectivity index (χ0) is 21.1. The van der Waals surface area contributed by atoms with Crippen LogP contribution in [0.4, 0.5) is 4.39 Å². The SMILES string of the molecule is C#C/C=C\C(=C/CC)OCc1cc(-c2ccc(OCCCO)nc2C)ccc1F. The molecule has 1 aromatic heterocycles. The number of nitrogens with zero attached hydrogens (tertiary/aromatic N) is 1. The minimum absolute atomic E-state index is 0.0746. The van der Waals surface area contributed by atoms with Crippen molar-refractivity contribution in [3.8, 4) is 29.4 Å². The van der Waals surface area contributed by atoms with Gasteiger partial charge in [0.1, 0.15) is 18.2 Å². The van der Waals surface area contributed by atoms with Crippen LogP contribution in [0.15, 0.2) is 54.3 Å². The molecule has 1 N–H and O–H groups in total. The van der Waals surface area contributed by atoms with Crippen molar-refractivity contribution < 1.29 is 19.0 Å². The van der Waals surface area contributed by atoms with Gasteiger partial charge in [-0.15, -0.1) is 6.42 Å². The fourth-order valence-corrected chi connectivity index (χ4v) is 2.69. The molecule has 2 aromatic rings. The van der Waals surface area contributed by atoms with Crippen LogP contribution in [0.3, 0.4) is 0 Å². The molecule has 29 heavy (non-hydrogen) atoms. The molecule has 152 valence electrons. The standard InChI is InChI=1S/C24H26FNO3/c1-4-6-9-21(8-5-2)29-17-20-16-19(10-12-23(20)25)22-11-13-24(26-18(22)3)28-15-7-14-27/h1,6,8-13,16,27H,5,7,14-15,17H2,2-3H3/b9-6-,21-8+. The minimum atomic E-state index is -0.333. The molecule has 2 rings (SSSR count). The van der Waals surface area contributed by atoms with E-state index in [2.05, 4.69) is 10.9 Å². The summed E-state index contributed by atoms with van der Waals surface area (Å²) in [4.78, 5) is 4.44. The molecule has 0 bridgehead atoms. The highest BCUT2D eigenvalue weighted by atomic mass is 19.1. The van der Waals surface area contributed by atoms with Crippen molar-refractivity contribution in [2.24, 2.45) is 0 Å². The molecule has 5 heteroatoms. The number of allylic oxidation sites excluding steroid dienone is 3. The van der Waals surface area contributed by atoms with Gasteiger partial charge in [0.05, 0.1) is 6.61 Å². The second-order valence-corrected chi connectivity index (χ2v) is 6.32. The van der Waals surface area contributed by atoms with E-state index >= 15 is 0 Å². The Hall–Kier alpha value is -3.10. The normalized spacial score (nSPS) is 11.5. The van der Waals surface area contributed by atoms with E-state index in [1.807, 2.05) is 26.0 Å². The number of rotatable bonds is 10. The molecular weight excluding hydrogens is 369 g/mol. The van der Waals surface area contributed by atoms with Crippen molar-refractivity contribution in [3.05, 3.63) is 71.4 Å². The van der Waals surface area contributed by atoms with Crippen LogP contribution in [-0.4, -0.2) is 23.3 Å². The second-order valence-electron chi connectivity index (χ2n) is 6.32. The van der Waals surface area contributed by atoms with Crippen molar-refractivity contribution in [2.45, 2.75) is 33.3 Å². The van der Waals surface area contributed by atoms with E-state index in [1.54, 1.807) is 30.4 Å². The largest absolute Gasteiger partial charge is 0.489 e. The summed E-state index contributed by atoms with van der Waals surface area (Å²) in [6.45, 7) is 4.43. The predicted octanol–water partition coefficient (Wildman–Crippen LogP) is 4.96. The Morgan fingerprint density at radius 2 is 2.14 bits per heavy atom. The first-order valence-electron chi connectivity index (χ1n) is 9.54. The number of ether oxygens (including phenoxy) is 2. The lowest BCUT2D eigenvalue weighted by atomic mass is 10.0. The summed E-state index contributed by atoms with van der Waals surface area (Å²) in [5.41, 5.74) is 2.95. The summed E-state index contributed by atoms with van der Waals surface area (Å²) in [5.74, 6) is 3.19. The van der Waals surface area contributed by atoms with Gasteiger partial charge in [0.2, 0.25) is 5.88 Å². The van der Waals surface area contributed by atoms with Gasteiger partial charge >= 0.3 is 0 Å². The van der Waals surface area contributed by atoms with Crippen molar-refractivity contribution in [1.82, 2.24) is 4.98 Å². The highest BCUT2D eigenvalue weighted by Gasteiger charge is 2.10. The van der Waals surface area contributed by atoms with Crippen molar-refractivity contribution in [1.29, 1.82) is 0 Å². The molecule has 0 spiro atoms. The highest BCUT2D eigenvalue weighted by Crippen LogP contribution is 2.27. The van der Waals surface area contributed by atoms with Crippen LogP contribution < -0.4 is 4.74 Å². The lowest BCUT2D eigenvalue weighted by Gasteiger charge is -2.12. The van der Waals surface area contributed by atoms with Gasteiger partial charge in [-0.05, 0) is 55.3 Å². The van der Waals surface area contributed by atoms with E-state index in [0.29, 0.717) is 30.2 Å². The Labute approximate surface area is 171 Å². The third-order valence-electron chi connectivity index (χ3n) is 4.11. The Kier molecular flexibility index (Phi) is 8.94. The molecule has 0 fully saturated rings. The smallest absolute Gasteiger partial charge is 0.213 e. The summed E-state index contributed by atoms with van der Waals surface area (Å²) >= 11 is 0. The van der Waals surface area contributed by atoms with E-state index in [4.69, 9.17) is 21.0 Å². The third-order valence-corrected chi connectivity index (χ3v) is 4.11. The molecule has 1 aromatic carbocycles. The van der Waals surface area contributed by atoms with Gasteiger partial charge in [0.25, 0.3) is 0 Å². The number of aliphatic hydroxyl groups is 1. The average Bonchev–Trinajstić information content (AvgIpc) is 2.71. The van der Waals surface area contributed by atoms with Crippen LogP contribution in [0, 0.1) is 25.1 Å². The summed E-state index contributed by atoms with van der Waals surface area (Å²) in [5, 5.41) is 8.83.